The molecule has 0 saturated heterocycles. The lowest BCUT2D eigenvalue weighted by Gasteiger charge is -2.11. The summed E-state index contributed by atoms with van der Waals surface area (Å²) in [5.41, 5.74) is -0.303. The van der Waals surface area contributed by atoms with Gasteiger partial charge in [0.05, 0.1) is 5.56 Å². The van der Waals surface area contributed by atoms with Gasteiger partial charge in [0.25, 0.3) is 0 Å². The molecule has 98 valence electrons. The molecular weight excluding hydrogens is 261 g/mol. The fourth-order valence-corrected chi connectivity index (χ4v) is 2.52. The monoisotopic (exact) mass is 273 g/mol. The number of carboxylic acid groups (broad SMARTS) is 1. The lowest BCUT2D eigenvalue weighted by atomic mass is 10.2. The summed E-state index contributed by atoms with van der Waals surface area (Å²) in [6.07, 6.45) is 1.33. The van der Waals surface area contributed by atoms with Crippen LogP contribution in [-0.4, -0.2) is 25.5 Å². The van der Waals surface area contributed by atoms with Gasteiger partial charge >= 0.3 is 5.97 Å². The van der Waals surface area contributed by atoms with Crippen molar-refractivity contribution in [1.82, 2.24) is 4.72 Å². The summed E-state index contributed by atoms with van der Waals surface area (Å²) in [7, 11) is -4.12. The van der Waals surface area contributed by atoms with Crippen molar-refractivity contribution in [3.05, 3.63) is 42.2 Å². The van der Waals surface area contributed by atoms with E-state index in [2.05, 4.69) is 11.3 Å². The molecule has 0 bridgehead atoms. The number of rotatable bonds is 5. The molecule has 1 atom stereocenters. The number of sulfonamides is 1. The number of halogens is 1. The Bertz CT molecular complexity index is 583. The maximum atomic E-state index is 13.4. The quantitative estimate of drug-likeness (QED) is 0.794. The fraction of sp³-hybridized carbons (Fsp3) is 0.182. The molecule has 0 heterocycles. The van der Waals surface area contributed by atoms with Crippen LogP contribution >= 0.6 is 0 Å². The van der Waals surface area contributed by atoms with E-state index in [0.717, 1.165) is 18.2 Å². The third-order valence-electron chi connectivity index (χ3n) is 2.16. The standard InChI is InChI=1S/C11H12FNO4S/c1-3-7(2)13-18(16,17)10-6-8(11(14)15)4-5-9(10)12/h3-7,13H,1H2,2H3,(H,14,15). The minimum absolute atomic E-state index is 0.303. The summed E-state index contributed by atoms with van der Waals surface area (Å²) in [5.74, 6) is -2.34. The highest BCUT2D eigenvalue weighted by Crippen LogP contribution is 2.17. The largest absolute Gasteiger partial charge is 0.478 e. The zero-order chi connectivity index (χ0) is 13.9. The second kappa shape index (κ2) is 5.28. The highest BCUT2D eigenvalue weighted by molar-refractivity contribution is 7.89. The molecule has 5 nitrogen and oxygen atoms in total. The molecule has 0 aliphatic heterocycles. The lowest BCUT2D eigenvalue weighted by molar-refractivity contribution is 0.0696. The third-order valence-corrected chi connectivity index (χ3v) is 3.74. The van der Waals surface area contributed by atoms with Crippen molar-refractivity contribution in [3.8, 4) is 0 Å². The Morgan fingerprint density at radius 1 is 1.56 bits per heavy atom. The van der Waals surface area contributed by atoms with Gasteiger partial charge in [-0.1, -0.05) is 6.08 Å². The van der Waals surface area contributed by atoms with Crippen LogP contribution in [0.25, 0.3) is 0 Å². The van der Waals surface area contributed by atoms with Crippen LogP contribution in [0.1, 0.15) is 17.3 Å². The Balaban J connectivity index is 3.27. The Hall–Kier alpha value is -1.73. The van der Waals surface area contributed by atoms with Crippen molar-refractivity contribution in [2.45, 2.75) is 17.9 Å². The van der Waals surface area contributed by atoms with E-state index in [1.165, 1.54) is 13.0 Å². The van der Waals surface area contributed by atoms with E-state index < -0.39 is 32.7 Å². The van der Waals surface area contributed by atoms with Gasteiger partial charge in [0.15, 0.2) is 0 Å². The van der Waals surface area contributed by atoms with Gasteiger partial charge in [-0.15, -0.1) is 6.58 Å². The van der Waals surface area contributed by atoms with Crippen molar-refractivity contribution in [1.29, 1.82) is 0 Å². The van der Waals surface area contributed by atoms with E-state index in [0.29, 0.717) is 0 Å². The van der Waals surface area contributed by atoms with Crippen LogP contribution in [0.5, 0.6) is 0 Å². The molecule has 0 radical (unpaired) electrons. The number of carboxylic acids is 1. The normalized spacial score (nSPS) is 13.0. The molecule has 2 N–H and O–H groups in total. The predicted molar refractivity (Wildman–Crippen MR) is 63.3 cm³/mol. The average Bonchev–Trinajstić information content (AvgIpc) is 2.28. The lowest BCUT2D eigenvalue weighted by Crippen LogP contribution is -2.31. The molecule has 0 aliphatic rings. The zero-order valence-corrected chi connectivity index (χ0v) is 10.4. The molecule has 1 unspecified atom stereocenters. The first-order valence-electron chi connectivity index (χ1n) is 4.95. The Kier molecular flexibility index (Phi) is 4.20. The first-order valence-corrected chi connectivity index (χ1v) is 6.44. The maximum Gasteiger partial charge on any atom is 0.335 e. The smallest absolute Gasteiger partial charge is 0.335 e. The number of nitrogens with one attached hydrogen (secondary N) is 1. The molecule has 1 rings (SSSR count). The van der Waals surface area contributed by atoms with Gasteiger partial charge in [0.2, 0.25) is 10.0 Å². The molecule has 0 spiro atoms. The van der Waals surface area contributed by atoms with Crippen molar-refractivity contribution in [2.24, 2.45) is 0 Å². The molecule has 1 aromatic carbocycles. The molecule has 0 aromatic heterocycles. The number of carbonyl (C=O) groups is 1. The molecule has 0 amide bonds. The second-order valence-electron chi connectivity index (χ2n) is 3.60. The maximum absolute atomic E-state index is 13.4. The van der Waals surface area contributed by atoms with Crippen LogP contribution in [0.2, 0.25) is 0 Å². The average molecular weight is 273 g/mol. The molecule has 18 heavy (non-hydrogen) atoms. The van der Waals surface area contributed by atoms with Crippen LogP contribution in [0, 0.1) is 5.82 Å². The van der Waals surface area contributed by atoms with E-state index in [-0.39, 0.29) is 5.56 Å². The van der Waals surface area contributed by atoms with Gasteiger partial charge in [-0.05, 0) is 25.1 Å². The first-order chi connectivity index (χ1) is 8.27. The Morgan fingerprint density at radius 3 is 2.67 bits per heavy atom. The summed E-state index contributed by atoms with van der Waals surface area (Å²) < 4.78 is 39.2. The van der Waals surface area contributed by atoms with Gasteiger partial charge in [0.1, 0.15) is 10.7 Å². The van der Waals surface area contributed by atoms with Gasteiger partial charge in [0, 0.05) is 6.04 Å². The van der Waals surface area contributed by atoms with E-state index in [9.17, 15) is 17.6 Å². The molecule has 0 saturated carbocycles. The van der Waals surface area contributed by atoms with Crippen molar-refractivity contribution in [2.75, 3.05) is 0 Å². The highest BCUT2D eigenvalue weighted by Gasteiger charge is 2.22. The minimum atomic E-state index is -4.12. The fourth-order valence-electron chi connectivity index (χ4n) is 1.20. The Labute approximate surface area is 104 Å². The topological polar surface area (TPSA) is 83.5 Å². The van der Waals surface area contributed by atoms with Crippen molar-refractivity contribution < 1.29 is 22.7 Å². The minimum Gasteiger partial charge on any atom is -0.478 e. The highest BCUT2D eigenvalue weighted by atomic mass is 32.2. The van der Waals surface area contributed by atoms with Gasteiger partial charge in [-0.3, -0.25) is 0 Å². The number of aromatic carboxylic acids is 1. The summed E-state index contributed by atoms with van der Waals surface area (Å²) >= 11 is 0. The number of benzene rings is 1. The van der Waals surface area contributed by atoms with Crippen LogP contribution < -0.4 is 4.72 Å². The summed E-state index contributed by atoms with van der Waals surface area (Å²) in [6, 6.07) is 1.97. The van der Waals surface area contributed by atoms with Crippen molar-refractivity contribution >= 4 is 16.0 Å². The zero-order valence-electron chi connectivity index (χ0n) is 9.55. The molecule has 1 aromatic rings. The number of hydrogen-bond acceptors (Lipinski definition) is 3. The second-order valence-corrected chi connectivity index (χ2v) is 5.28. The van der Waals surface area contributed by atoms with Crippen LogP contribution in [0.3, 0.4) is 0 Å². The van der Waals surface area contributed by atoms with Gasteiger partial charge in [-0.25, -0.2) is 22.3 Å². The first kappa shape index (κ1) is 14.3. The van der Waals surface area contributed by atoms with Crippen LogP contribution in [0.15, 0.2) is 35.7 Å². The third kappa shape index (κ3) is 3.14. The SMILES string of the molecule is C=CC(C)NS(=O)(=O)c1cc(C(=O)O)ccc1F. The van der Waals surface area contributed by atoms with E-state index in [1.807, 2.05) is 0 Å². The van der Waals surface area contributed by atoms with Crippen molar-refractivity contribution in [3.63, 3.8) is 0 Å². The molecule has 7 heteroatoms. The molecular formula is C11H12FNO4S. The van der Waals surface area contributed by atoms with Crippen LogP contribution in [-0.2, 0) is 10.0 Å². The summed E-state index contributed by atoms with van der Waals surface area (Å²) in [5, 5.41) is 8.74. The van der Waals surface area contributed by atoms with Crippen LogP contribution in [0.4, 0.5) is 4.39 Å². The Morgan fingerprint density at radius 2 is 2.17 bits per heavy atom. The molecule has 0 fully saturated rings. The van der Waals surface area contributed by atoms with E-state index in [4.69, 9.17) is 5.11 Å². The van der Waals surface area contributed by atoms with E-state index >= 15 is 0 Å². The van der Waals surface area contributed by atoms with E-state index in [1.54, 1.807) is 0 Å². The summed E-state index contributed by atoms with van der Waals surface area (Å²) in [4.78, 5) is 10.0. The summed E-state index contributed by atoms with van der Waals surface area (Å²) in [6.45, 7) is 4.91. The predicted octanol–water partition coefficient (Wildman–Crippen LogP) is 1.38. The van der Waals surface area contributed by atoms with Gasteiger partial charge in [-0.2, -0.15) is 0 Å². The van der Waals surface area contributed by atoms with Gasteiger partial charge < -0.3 is 5.11 Å². The number of hydrogen-bond donors (Lipinski definition) is 2. The molecule has 0 aliphatic carbocycles.